The van der Waals surface area contributed by atoms with Crippen LogP contribution < -0.4 is 4.90 Å². The molecular weight excluding hydrogens is 176 g/mol. The summed E-state index contributed by atoms with van der Waals surface area (Å²) in [6.45, 7) is 0.623. The van der Waals surface area contributed by atoms with Crippen molar-refractivity contribution in [3.63, 3.8) is 0 Å². The lowest BCUT2D eigenvalue weighted by Crippen LogP contribution is -2.19. The van der Waals surface area contributed by atoms with Gasteiger partial charge in [0.05, 0.1) is 24.1 Å². The Morgan fingerprint density at radius 1 is 1.50 bits per heavy atom. The van der Waals surface area contributed by atoms with E-state index >= 15 is 0 Å². The second-order valence-electron chi connectivity index (χ2n) is 2.84. The molecular formula is C10H10N4. The van der Waals surface area contributed by atoms with E-state index in [-0.39, 0.29) is 0 Å². The minimum absolute atomic E-state index is 0.453. The third-order valence-electron chi connectivity index (χ3n) is 1.82. The number of nitriles is 2. The van der Waals surface area contributed by atoms with Gasteiger partial charge in [-0.3, -0.25) is 0 Å². The van der Waals surface area contributed by atoms with Gasteiger partial charge >= 0.3 is 0 Å². The quantitative estimate of drug-likeness (QED) is 0.713. The zero-order valence-electron chi connectivity index (χ0n) is 7.94. The summed E-state index contributed by atoms with van der Waals surface area (Å²) < 4.78 is 0. The monoisotopic (exact) mass is 186 g/mol. The molecule has 0 aliphatic carbocycles. The molecule has 70 valence electrons. The molecule has 14 heavy (non-hydrogen) atoms. The van der Waals surface area contributed by atoms with Crippen molar-refractivity contribution >= 4 is 5.82 Å². The van der Waals surface area contributed by atoms with E-state index < -0.39 is 0 Å². The van der Waals surface area contributed by atoms with E-state index in [2.05, 4.69) is 11.1 Å². The maximum Gasteiger partial charge on any atom is 0.129 e. The van der Waals surface area contributed by atoms with Crippen LogP contribution >= 0.6 is 0 Å². The minimum atomic E-state index is 0.453. The molecule has 0 radical (unpaired) electrons. The average Bonchev–Trinajstić information content (AvgIpc) is 2.26. The van der Waals surface area contributed by atoms with Crippen molar-refractivity contribution in [3.8, 4) is 12.1 Å². The standard InChI is InChI=1S/C10H10N4/c1-14(6-2-4-11)10-7-9(8-12)3-5-13-10/h3,5,7H,2,6H2,1H3. The van der Waals surface area contributed by atoms with E-state index in [1.54, 1.807) is 18.3 Å². The molecule has 0 saturated carbocycles. The van der Waals surface area contributed by atoms with Crippen molar-refractivity contribution in [1.82, 2.24) is 4.98 Å². The first-order valence-electron chi connectivity index (χ1n) is 4.22. The van der Waals surface area contributed by atoms with Gasteiger partial charge in [-0.05, 0) is 12.1 Å². The van der Waals surface area contributed by atoms with Crippen LogP contribution in [0.3, 0.4) is 0 Å². The molecule has 1 aromatic heterocycles. The summed E-state index contributed by atoms with van der Waals surface area (Å²) in [5.41, 5.74) is 0.582. The molecule has 0 aliphatic heterocycles. The predicted molar refractivity (Wildman–Crippen MR) is 52.5 cm³/mol. The molecule has 0 spiro atoms. The van der Waals surface area contributed by atoms with E-state index in [1.807, 2.05) is 18.0 Å². The second-order valence-corrected chi connectivity index (χ2v) is 2.84. The molecule has 1 rings (SSSR count). The highest BCUT2D eigenvalue weighted by Gasteiger charge is 2.02. The molecule has 1 heterocycles. The van der Waals surface area contributed by atoms with Gasteiger partial charge in [0.25, 0.3) is 0 Å². The SMILES string of the molecule is CN(CCC#N)c1cc(C#N)ccn1. The van der Waals surface area contributed by atoms with Gasteiger partial charge in [-0.1, -0.05) is 0 Å². The summed E-state index contributed by atoms with van der Waals surface area (Å²) in [7, 11) is 1.85. The lowest BCUT2D eigenvalue weighted by Gasteiger charge is -2.15. The van der Waals surface area contributed by atoms with Gasteiger partial charge in [0.1, 0.15) is 5.82 Å². The Bertz CT molecular complexity index is 386. The van der Waals surface area contributed by atoms with Crippen LogP contribution in [0, 0.1) is 22.7 Å². The average molecular weight is 186 g/mol. The van der Waals surface area contributed by atoms with Gasteiger partial charge in [-0.2, -0.15) is 10.5 Å². The number of hydrogen-bond donors (Lipinski definition) is 0. The van der Waals surface area contributed by atoms with E-state index in [9.17, 15) is 0 Å². The highest BCUT2D eigenvalue weighted by Crippen LogP contribution is 2.10. The van der Waals surface area contributed by atoms with Crippen molar-refractivity contribution in [3.05, 3.63) is 23.9 Å². The fourth-order valence-corrected chi connectivity index (χ4v) is 1.03. The largest absolute Gasteiger partial charge is 0.359 e. The van der Waals surface area contributed by atoms with Crippen molar-refractivity contribution in [2.75, 3.05) is 18.5 Å². The Morgan fingerprint density at radius 3 is 2.93 bits per heavy atom. The molecule has 0 fully saturated rings. The van der Waals surface area contributed by atoms with Gasteiger partial charge in [0.15, 0.2) is 0 Å². The molecule has 4 heteroatoms. The number of rotatable bonds is 3. The van der Waals surface area contributed by atoms with E-state index in [0.717, 1.165) is 5.82 Å². The molecule has 1 aromatic rings. The zero-order chi connectivity index (χ0) is 10.4. The second kappa shape index (κ2) is 4.84. The molecule has 0 atom stereocenters. The van der Waals surface area contributed by atoms with Gasteiger partial charge in [0.2, 0.25) is 0 Å². The van der Waals surface area contributed by atoms with Crippen LogP contribution in [0.2, 0.25) is 0 Å². The summed E-state index contributed by atoms with van der Waals surface area (Å²) in [5.74, 6) is 0.722. The van der Waals surface area contributed by atoms with Gasteiger partial charge in [0, 0.05) is 19.8 Å². The Balaban J connectivity index is 2.76. The summed E-state index contributed by atoms with van der Waals surface area (Å²) in [5, 5.41) is 17.1. The molecule has 0 N–H and O–H groups in total. The molecule has 0 amide bonds. The van der Waals surface area contributed by atoms with Crippen molar-refractivity contribution < 1.29 is 0 Å². The first-order chi connectivity index (χ1) is 6.77. The Hall–Kier alpha value is -2.07. The molecule has 0 bridgehead atoms. The molecule has 0 aliphatic rings. The maximum absolute atomic E-state index is 8.67. The summed E-state index contributed by atoms with van der Waals surface area (Å²) in [6, 6.07) is 7.47. The van der Waals surface area contributed by atoms with Crippen LogP contribution in [0.5, 0.6) is 0 Å². The van der Waals surface area contributed by atoms with Crippen molar-refractivity contribution in [1.29, 1.82) is 10.5 Å². The highest BCUT2D eigenvalue weighted by molar-refractivity contribution is 5.44. The van der Waals surface area contributed by atoms with Gasteiger partial charge in [-0.15, -0.1) is 0 Å². The highest BCUT2D eigenvalue weighted by atomic mass is 15.2. The zero-order valence-corrected chi connectivity index (χ0v) is 7.94. The fraction of sp³-hybridized carbons (Fsp3) is 0.300. The van der Waals surface area contributed by atoms with E-state index in [1.165, 1.54) is 0 Å². The number of nitrogens with zero attached hydrogens (tertiary/aromatic N) is 4. The summed E-state index contributed by atoms with van der Waals surface area (Å²) in [6.07, 6.45) is 2.05. The lowest BCUT2D eigenvalue weighted by molar-refractivity contribution is 0.884. The number of pyridine rings is 1. The first kappa shape index (κ1) is 10.0. The Morgan fingerprint density at radius 2 is 2.29 bits per heavy atom. The van der Waals surface area contributed by atoms with E-state index in [0.29, 0.717) is 18.5 Å². The normalized spacial score (nSPS) is 8.79. The number of anilines is 1. The fourth-order valence-electron chi connectivity index (χ4n) is 1.03. The Kier molecular flexibility index (Phi) is 3.46. The van der Waals surface area contributed by atoms with Crippen LogP contribution in [-0.2, 0) is 0 Å². The van der Waals surface area contributed by atoms with Crippen LogP contribution in [0.4, 0.5) is 5.82 Å². The summed E-state index contributed by atoms with van der Waals surface area (Å²) >= 11 is 0. The predicted octanol–water partition coefficient (Wildman–Crippen LogP) is 1.30. The van der Waals surface area contributed by atoms with Crippen molar-refractivity contribution in [2.45, 2.75) is 6.42 Å². The minimum Gasteiger partial charge on any atom is -0.359 e. The molecule has 0 saturated heterocycles. The van der Waals surface area contributed by atoms with Crippen LogP contribution in [0.15, 0.2) is 18.3 Å². The third-order valence-corrected chi connectivity index (χ3v) is 1.82. The Labute approximate surface area is 83.0 Å². The maximum atomic E-state index is 8.67. The molecule has 0 aromatic carbocycles. The third kappa shape index (κ3) is 2.46. The topological polar surface area (TPSA) is 63.7 Å². The number of hydrogen-bond acceptors (Lipinski definition) is 4. The van der Waals surface area contributed by atoms with Crippen molar-refractivity contribution in [2.24, 2.45) is 0 Å². The smallest absolute Gasteiger partial charge is 0.129 e. The summed E-state index contributed by atoms with van der Waals surface area (Å²) in [4.78, 5) is 5.96. The van der Waals surface area contributed by atoms with E-state index in [4.69, 9.17) is 10.5 Å². The number of aromatic nitrogens is 1. The van der Waals surface area contributed by atoms with Crippen LogP contribution in [0.1, 0.15) is 12.0 Å². The first-order valence-corrected chi connectivity index (χ1v) is 4.22. The van der Waals surface area contributed by atoms with Gasteiger partial charge in [-0.25, -0.2) is 4.98 Å². The molecule has 4 nitrogen and oxygen atoms in total. The molecule has 0 unspecified atom stereocenters. The lowest BCUT2D eigenvalue weighted by atomic mass is 10.3. The van der Waals surface area contributed by atoms with Crippen LogP contribution in [0.25, 0.3) is 0 Å². The van der Waals surface area contributed by atoms with Crippen LogP contribution in [-0.4, -0.2) is 18.6 Å². The van der Waals surface area contributed by atoms with Gasteiger partial charge < -0.3 is 4.90 Å².